The van der Waals surface area contributed by atoms with Gasteiger partial charge in [0, 0.05) is 9.80 Å². The van der Waals surface area contributed by atoms with Crippen molar-refractivity contribution in [1.29, 1.82) is 0 Å². The Morgan fingerprint density at radius 1 is 1.57 bits per heavy atom. The maximum atomic E-state index is 13.3. The van der Waals surface area contributed by atoms with Gasteiger partial charge >= 0.3 is 5.97 Å². The third kappa shape index (κ3) is 2.15. The number of alkyl halides is 1. The van der Waals surface area contributed by atoms with Crippen LogP contribution in [0.2, 0.25) is 0 Å². The van der Waals surface area contributed by atoms with Crippen LogP contribution in [0.3, 0.4) is 0 Å². The minimum atomic E-state index is -0.683. The van der Waals surface area contributed by atoms with Crippen LogP contribution in [0.5, 0.6) is 0 Å². The first kappa shape index (κ1) is 11.7. The molecule has 1 rings (SSSR count). The van der Waals surface area contributed by atoms with Gasteiger partial charge in [0.25, 0.3) is 0 Å². The summed E-state index contributed by atoms with van der Waals surface area (Å²) in [5, 5.41) is 0.540. The number of rotatable bonds is 2. The highest BCUT2D eigenvalue weighted by Crippen LogP contribution is 2.26. The zero-order valence-electron chi connectivity index (χ0n) is 7.31. The summed E-state index contributed by atoms with van der Waals surface area (Å²) in [6.07, 6.45) is 0. The number of esters is 1. The zero-order valence-corrected chi connectivity index (χ0v) is 10.5. The number of hydrogen-bond acceptors (Lipinski definition) is 2. The van der Waals surface area contributed by atoms with E-state index in [1.165, 1.54) is 13.2 Å². The maximum Gasteiger partial charge on any atom is 0.342 e. The minimum Gasteiger partial charge on any atom is -0.465 e. The highest BCUT2D eigenvalue weighted by molar-refractivity contribution is 9.10. The molecular formula is C9H7Br2FO2. The van der Waals surface area contributed by atoms with Gasteiger partial charge in [0.1, 0.15) is 11.4 Å². The van der Waals surface area contributed by atoms with Crippen molar-refractivity contribution in [2.45, 2.75) is 5.33 Å². The number of benzene rings is 1. The van der Waals surface area contributed by atoms with E-state index in [1.54, 1.807) is 6.07 Å². The Hall–Kier alpha value is -0.420. The lowest BCUT2D eigenvalue weighted by Gasteiger charge is -2.07. The van der Waals surface area contributed by atoms with Gasteiger partial charge in [-0.2, -0.15) is 0 Å². The molecule has 0 bridgehead atoms. The Bertz CT molecular complexity index is 366. The standard InChI is InChI=1S/C9H7Br2FO2/c1-14-9(13)7-6(12)3-2-5(4-10)8(7)11/h2-3H,4H2,1H3. The van der Waals surface area contributed by atoms with E-state index in [2.05, 4.69) is 36.6 Å². The molecule has 5 heteroatoms. The van der Waals surface area contributed by atoms with Crippen LogP contribution >= 0.6 is 31.9 Å². The van der Waals surface area contributed by atoms with E-state index in [0.29, 0.717) is 9.80 Å². The Kier molecular flexibility index (Phi) is 4.07. The van der Waals surface area contributed by atoms with Crippen LogP contribution in [-0.4, -0.2) is 13.1 Å². The zero-order chi connectivity index (χ0) is 10.7. The molecule has 0 amide bonds. The Morgan fingerprint density at radius 2 is 2.21 bits per heavy atom. The first-order chi connectivity index (χ1) is 6.61. The molecule has 0 unspecified atom stereocenters. The highest BCUT2D eigenvalue weighted by atomic mass is 79.9. The van der Waals surface area contributed by atoms with E-state index in [0.717, 1.165) is 5.56 Å². The first-order valence-electron chi connectivity index (χ1n) is 3.73. The van der Waals surface area contributed by atoms with Gasteiger partial charge in [0.2, 0.25) is 0 Å². The molecule has 0 saturated heterocycles. The molecular weight excluding hydrogens is 319 g/mol. The fraction of sp³-hybridized carbons (Fsp3) is 0.222. The van der Waals surface area contributed by atoms with E-state index in [4.69, 9.17) is 0 Å². The third-order valence-electron chi connectivity index (χ3n) is 1.70. The van der Waals surface area contributed by atoms with Gasteiger partial charge in [-0.3, -0.25) is 0 Å². The molecule has 1 aromatic rings. The average Bonchev–Trinajstić information content (AvgIpc) is 2.18. The van der Waals surface area contributed by atoms with Gasteiger partial charge < -0.3 is 4.74 Å². The molecule has 0 aromatic heterocycles. The number of carbonyl (C=O) groups is 1. The maximum absolute atomic E-state index is 13.3. The van der Waals surface area contributed by atoms with Crippen molar-refractivity contribution in [3.8, 4) is 0 Å². The number of hydrogen-bond donors (Lipinski definition) is 0. The van der Waals surface area contributed by atoms with Crippen molar-refractivity contribution < 1.29 is 13.9 Å². The lowest BCUT2D eigenvalue weighted by molar-refractivity contribution is 0.0594. The molecule has 1 aromatic carbocycles. The number of halogens is 3. The first-order valence-corrected chi connectivity index (χ1v) is 5.64. The molecule has 0 radical (unpaired) electrons. The van der Waals surface area contributed by atoms with Gasteiger partial charge in [-0.25, -0.2) is 9.18 Å². The average molecular weight is 326 g/mol. The van der Waals surface area contributed by atoms with E-state index >= 15 is 0 Å². The predicted octanol–water partition coefficient (Wildman–Crippen LogP) is 3.27. The second-order valence-electron chi connectivity index (χ2n) is 2.52. The molecule has 0 N–H and O–H groups in total. The Balaban J connectivity index is 3.32. The molecule has 0 heterocycles. The van der Waals surface area contributed by atoms with E-state index in [9.17, 15) is 9.18 Å². The van der Waals surface area contributed by atoms with Crippen molar-refractivity contribution in [1.82, 2.24) is 0 Å². The van der Waals surface area contributed by atoms with Crippen LogP contribution < -0.4 is 0 Å². The van der Waals surface area contributed by atoms with Gasteiger partial charge in [0.05, 0.1) is 7.11 Å². The van der Waals surface area contributed by atoms with Crippen molar-refractivity contribution >= 4 is 37.8 Å². The molecule has 0 fully saturated rings. The molecule has 0 saturated carbocycles. The predicted molar refractivity (Wildman–Crippen MR) is 58.1 cm³/mol. The van der Waals surface area contributed by atoms with Crippen LogP contribution in [0.25, 0.3) is 0 Å². The fourth-order valence-corrected chi connectivity index (χ4v) is 2.46. The van der Waals surface area contributed by atoms with Crippen molar-refractivity contribution in [2.75, 3.05) is 7.11 Å². The minimum absolute atomic E-state index is 0.0653. The van der Waals surface area contributed by atoms with Crippen molar-refractivity contribution in [2.24, 2.45) is 0 Å². The molecule has 2 nitrogen and oxygen atoms in total. The number of carbonyl (C=O) groups excluding carboxylic acids is 1. The van der Waals surface area contributed by atoms with Crippen LogP contribution in [0.15, 0.2) is 16.6 Å². The van der Waals surface area contributed by atoms with Crippen LogP contribution in [0.1, 0.15) is 15.9 Å². The third-order valence-corrected chi connectivity index (χ3v) is 3.21. The molecule has 0 aliphatic rings. The lowest BCUT2D eigenvalue weighted by atomic mass is 10.1. The topological polar surface area (TPSA) is 26.3 Å². The summed E-state index contributed by atoms with van der Waals surface area (Å²) in [5.74, 6) is -1.27. The summed E-state index contributed by atoms with van der Waals surface area (Å²) in [4.78, 5) is 11.2. The summed E-state index contributed by atoms with van der Waals surface area (Å²) in [7, 11) is 1.22. The largest absolute Gasteiger partial charge is 0.465 e. The summed E-state index contributed by atoms with van der Waals surface area (Å²) in [5.41, 5.74) is 0.733. The molecule has 14 heavy (non-hydrogen) atoms. The fourth-order valence-electron chi connectivity index (χ4n) is 0.988. The second-order valence-corrected chi connectivity index (χ2v) is 3.87. The summed E-state index contributed by atoms with van der Waals surface area (Å²) in [6.45, 7) is 0. The quantitative estimate of drug-likeness (QED) is 0.616. The van der Waals surface area contributed by atoms with Gasteiger partial charge in [-0.05, 0) is 27.6 Å². The second kappa shape index (κ2) is 4.89. The monoisotopic (exact) mass is 324 g/mol. The molecule has 76 valence electrons. The normalized spacial score (nSPS) is 10.0. The van der Waals surface area contributed by atoms with Crippen molar-refractivity contribution in [3.05, 3.63) is 33.5 Å². The summed E-state index contributed by atoms with van der Waals surface area (Å²) in [6, 6.07) is 2.84. The van der Waals surface area contributed by atoms with E-state index in [-0.39, 0.29) is 5.56 Å². The van der Waals surface area contributed by atoms with Gasteiger partial charge in [-0.1, -0.05) is 22.0 Å². The number of methoxy groups -OCH3 is 1. The SMILES string of the molecule is COC(=O)c1c(F)ccc(CBr)c1Br. The van der Waals surface area contributed by atoms with Crippen LogP contribution in [-0.2, 0) is 10.1 Å². The van der Waals surface area contributed by atoms with Crippen LogP contribution in [0, 0.1) is 5.82 Å². The molecule has 0 aliphatic heterocycles. The summed E-state index contributed by atoms with van der Waals surface area (Å²) >= 11 is 6.40. The summed E-state index contributed by atoms with van der Waals surface area (Å²) < 4.78 is 18.2. The smallest absolute Gasteiger partial charge is 0.342 e. The number of ether oxygens (including phenoxy) is 1. The van der Waals surface area contributed by atoms with Gasteiger partial charge in [0.15, 0.2) is 0 Å². The Morgan fingerprint density at radius 3 is 2.71 bits per heavy atom. The van der Waals surface area contributed by atoms with Crippen molar-refractivity contribution in [3.63, 3.8) is 0 Å². The molecule has 0 spiro atoms. The highest BCUT2D eigenvalue weighted by Gasteiger charge is 2.18. The van der Waals surface area contributed by atoms with Crippen LogP contribution in [0.4, 0.5) is 4.39 Å². The molecule has 0 atom stereocenters. The Labute approximate surface area is 97.7 Å². The van der Waals surface area contributed by atoms with E-state index < -0.39 is 11.8 Å². The molecule has 0 aliphatic carbocycles. The van der Waals surface area contributed by atoms with E-state index in [1.807, 2.05) is 0 Å². The van der Waals surface area contributed by atoms with Gasteiger partial charge in [-0.15, -0.1) is 0 Å². The lowest BCUT2D eigenvalue weighted by Crippen LogP contribution is -2.06.